The van der Waals surface area contributed by atoms with Crippen LogP contribution in [0.3, 0.4) is 0 Å². The third-order valence-corrected chi connectivity index (χ3v) is 6.55. The summed E-state index contributed by atoms with van der Waals surface area (Å²) in [5.74, 6) is 0.471. The van der Waals surface area contributed by atoms with E-state index in [1.165, 1.54) is 11.8 Å². The Bertz CT molecular complexity index is 1090. The van der Waals surface area contributed by atoms with Crippen LogP contribution in [0.5, 0.6) is 0 Å². The zero-order chi connectivity index (χ0) is 19.3. The van der Waals surface area contributed by atoms with Crippen LogP contribution in [0.25, 0.3) is 22.0 Å². The van der Waals surface area contributed by atoms with Gasteiger partial charge < -0.3 is 4.90 Å². The van der Waals surface area contributed by atoms with Gasteiger partial charge in [-0.2, -0.15) is 0 Å². The van der Waals surface area contributed by atoms with Gasteiger partial charge in [-0.1, -0.05) is 78.5 Å². The van der Waals surface area contributed by atoms with E-state index in [1.54, 1.807) is 11.3 Å². The summed E-state index contributed by atoms with van der Waals surface area (Å²) in [4.78, 5) is 19.5. The number of nitrogens with zero attached hydrogens (tertiary/aromatic N) is 2. The number of hydrogen-bond acceptors (Lipinski definition) is 4. The summed E-state index contributed by atoms with van der Waals surface area (Å²) < 4.78 is 0.918. The molecule has 4 rings (SSSR count). The first-order chi connectivity index (χ1) is 13.8. The molecule has 0 N–H and O–H groups in total. The molecule has 0 radical (unpaired) electrons. The molecule has 0 atom stereocenters. The molecule has 140 valence electrons. The molecule has 0 bridgehead atoms. The minimum absolute atomic E-state index is 0.0975. The standard InChI is InChI=1S/C23H20N2OS2/c1-2-25(21-14-8-12-17-9-6-7-13-19(17)21)22(26)16-28-23-24-20(15-27-23)18-10-4-3-5-11-18/h3-15H,2,16H2,1H3. The Balaban J connectivity index is 1.49. The molecule has 1 aromatic heterocycles. The number of amides is 1. The van der Waals surface area contributed by atoms with Crippen LogP contribution in [0, 0.1) is 0 Å². The Labute approximate surface area is 173 Å². The van der Waals surface area contributed by atoms with Gasteiger partial charge in [-0.25, -0.2) is 4.98 Å². The molecular formula is C23H20N2OS2. The van der Waals surface area contributed by atoms with Crippen molar-refractivity contribution in [2.24, 2.45) is 0 Å². The largest absolute Gasteiger partial charge is 0.311 e. The average molecular weight is 405 g/mol. The van der Waals surface area contributed by atoms with Gasteiger partial charge in [0.25, 0.3) is 0 Å². The monoisotopic (exact) mass is 404 g/mol. The van der Waals surface area contributed by atoms with E-state index in [4.69, 9.17) is 0 Å². The molecule has 1 heterocycles. The van der Waals surface area contributed by atoms with Gasteiger partial charge in [-0.15, -0.1) is 11.3 Å². The van der Waals surface area contributed by atoms with E-state index in [9.17, 15) is 4.79 Å². The maximum absolute atomic E-state index is 13.0. The smallest absolute Gasteiger partial charge is 0.237 e. The van der Waals surface area contributed by atoms with Crippen molar-refractivity contribution in [1.82, 2.24) is 4.98 Å². The van der Waals surface area contributed by atoms with Crippen LogP contribution >= 0.6 is 23.1 Å². The van der Waals surface area contributed by atoms with Crippen molar-refractivity contribution in [3.8, 4) is 11.3 Å². The molecule has 0 unspecified atom stereocenters. The summed E-state index contributed by atoms with van der Waals surface area (Å²) in [6.07, 6.45) is 0. The van der Waals surface area contributed by atoms with Crippen molar-refractivity contribution in [1.29, 1.82) is 0 Å². The van der Waals surface area contributed by atoms with E-state index < -0.39 is 0 Å². The number of carbonyl (C=O) groups excluding carboxylic acids is 1. The van der Waals surface area contributed by atoms with Crippen LogP contribution in [0.1, 0.15) is 6.92 Å². The predicted molar refractivity (Wildman–Crippen MR) is 120 cm³/mol. The van der Waals surface area contributed by atoms with E-state index in [-0.39, 0.29) is 5.91 Å². The number of aromatic nitrogens is 1. The Kier molecular flexibility index (Phi) is 5.74. The van der Waals surface area contributed by atoms with Crippen molar-refractivity contribution in [2.45, 2.75) is 11.3 Å². The number of rotatable bonds is 6. The lowest BCUT2D eigenvalue weighted by Gasteiger charge is -2.22. The second kappa shape index (κ2) is 8.59. The number of carbonyl (C=O) groups is 1. The van der Waals surface area contributed by atoms with Gasteiger partial charge >= 0.3 is 0 Å². The molecule has 1 amide bonds. The molecule has 0 aliphatic heterocycles. The summed E-state index contributed by atoms with van der Waals surface area (Å²) >= 11 is 3.09. The second-order valence-electron chi connectivity index (χ2n) is 6.29. The highest BCUT2D eigenvalue weighted by Crippen LogP contribution is 2.30. The number of thioether (sulfide) groups is 1. The maximum Gasteiger partial charge on any atom is 0.237 e. The quantitative estimate of drug-likeness (QED) is 0.364. The molecule has 5 heteroatoms. The summed E-state index contributed by atoms with van der Waals surface area (Å²) in [5.41, 5.74) is 3.03. The number of thiazole rings is 1. The molecule has 4 aromatic rings. The van der Waals surface area contributed by atoms with Crippen LogP contribution in [0.4, 0.5) is 5.69 Å². The first kappa shape index (κ1) is 18.7. The van der Waals surface area contributed by atoms with Crippen molar-refractivity contribution in [3.05, 3.63) is 78.2 Å². The Morgan fingerprint density at radius 1 is 1.00 bits per heavy atom. The van der Waals surface area contributed by atoms with E-state index in [1.807, 2.05) is 71.8 Å². The zero-order valence-electron chi connectivity index (χ0n) is 15.5. The highest BCUT2D eigenvalue weighted by molar-refractivity contribution is 8.01. The molecular weight excluding hydrogens is 384 g/mol. The normalized spacial score (nSPS) is 10.9. The van der Waals surface area contributed by atoms with Crippen molar-refractivity contribution < 1.29 is 4.79 Å². The number of benzene rings is 3. The molecule has 28 heavy (non-hydrogen) atoms. The first-order valence-corrected chi connectivity index (χ1v) is 11.0. The minimum Gasteiger partial charge on any atom is -0.311 e. The molecule has 0 spiro atoms. The highest BCUT2D eigenvalue weighted by Gasteiger charge is 2.17. The Hall–Kier alpha value is -2.63. The van der Waals surface area contributed by atoms with Crippen LogP contribution in [0.15, 0.2) is 82.5 Å². The summed E-state index contributed by atoms with van der Waals surface area (Å²) in [6, 6.07) is 24.4. The number of fused-ring (bicyclic) bond motifs is 1. The van der Waals surface area contributed by atoms with Crippen LogP contribution in [-0.2, 0) is 4.79 Å². The van der Waals surface area contributed by atoms with E-state index in [2.05, 4.69) is 23.2 Å². The average Bonchev–Trinajstić information content (AvgIpc) is 3.23. The lowest BCUT2D eigenvalue weighted by atomic mass is 10.1. The van der Waals surface area contributed by atoms with Crippen LogP contribution < -0.4 is 4.90 Å². The van der Waals surface area contributed by atoms with E-state index >= 15 is 0 Å². The Morgan fingerprint density at radius 3 is 2.57 bits per heavy atom. The minimum atomic E-state index is 0.0975. The molecule has 0 aliphatic carbocycles. The number of hydrogen-bond donors (Lipinski definition) is 0. The highest BCUT2D eigenvalue weighted by atomic mass is 32.2. The third kappa shape index (κ3) is 3.96. The summed E-state index contributed by atoms with van der Waals surface area (Å²) in [7, 11) is 0. The molecule has 3 nitrogen and oxygen atoms in total. The fourth-order valence-corrected chi connectivity index (χ4v) is 4.90. The van der Waals surface area contributed by atoms with Crippen molar-refractivity contribution in [2.75, 3.05) is 17.2 Å². The first-order valence-electron chi connectivity index (χ1n) is 9.18. The topological polar surface area (TPSA) is 33.2 Å². The molecule has 0 fully saturated rings. The van der Waals surface area contributed by atoms with Gasteiger partial charge in [-0.3, -0.25) is 4.79 Å². The van der Waals surface area contributed by atoms with E-state index in [0.717, 1.165) is 32.1 Å². The number of anilines is 1. The molecule has 3 aromatic carbocycles. The third-order valence-electron chi connectivity index (χ3n) is 4.55. The SMILES string of the molecule is CCN(C(=O)CSc1nc(-c2ccccc2)cs1)c1cccc2ccccc12. The second-order valence-corrected chi connectivity index (χ2v) is 8.37. The lowest BCUT2D eigenvalue weighted by molar-refractivity contribution is -0.116. The fourth-order valence-electron chi connectivity index (χ4n) is 3.19. The van der Waals surface area contributed by atoms with Crippen LogP contribution in [-0.4, -0.2) is 23.2 Å². The van der Waals surface area contributed by atoms with Gasteiger partial charge in [0, 0.05) is 22.9 Å². The van der Waals surface area contributed by atoms with Crippen molar-refractivity contribution in [3.63, 3.8) is 0 Å². The summed E-state index contributed by atoms with van der Waals surface area (Å²) in [6.45, 7) is 2.65. The van der Waals surface area contributed by atoms with E-state index in [0.29, 0.717) is 12.3 Å². The van der Waals surface area contributed by atoms with Gasteiger partial charge in [0.15, 0.2) is 4.34 Å². The van der Waals surface area contributed by atoms with Gasteiger partial charge in [-0.05, 0) is 18.4 Å². The molecule has 0 aliphatic rings. The molecule has 0 saturated heterocycles. The van der Waals surface area contributed by atoms with Gasteiger partial charge in [0.05, 0.1) is 17.1 Å². The van der Waals surface area contributed by atoms with Crippen LogP contribution in [0.2, 0.25) is 0 Å². The van der Waals surface area contributed by atoms with Gasteiger partial charge in [0.2, 0.25) is 5.91 Å². The maximum atomic E-state index is 13.0. The van der Waals surface area contributed by atoms with Crippen molar-refractivity contribution >= 4 is 45.5 Å². The zero-order valence-corrected chi connectivity index (χ0v) is 17.2. The predicted octanol–water partition coefficient (Wildman–Crippen LogP) is 6.11. The fraction of sp³-hybridized carbons (Fsp3) is 0.130. The molecule has 0 saturated carbocycles. The van der Waals surface area contributed by atoms with Gasteiger partial charge in [0.1, 0.15) is 0 Å². The lowest BCUT2D eigenvalue weighted by Crippen LogP contribution is -2.32. The summed E-state index contributed by atoms with van der Waals surface area (Å²) in [5, 5.41) is 4.29. The Morgan fingerprint density at radius 2 is 1.75 bits per heavy atom.